The van der Waals surface area contributed by atoms with Crippen LogP contribution in [-0.4, -0.2) is 41.8 Å². The van der Waals surface area contributed by atoms with Gasteiger partial charge in [0.1, 0.15) is 6.23 Å². The van der Waals surface area contributed by atoms with Crippen molar-refractivity contribution in [3.05, 3.63) is 40.4 Å². The molecular formula is C13H16BrNO3. The molecule has 1 aromatic carbocycles. The average Bonchev–Trinajstić information content (AvgIpc) is 2.85. The van der Waals surface area contributed by atoms with Crippen molar-refractivity contribution in [3.63, 3.8) is 0 Å². The molecule has 0 aromatic heterocycles. The Labute approximate surface area is 114 Å². The molecule has 1 unspecified atom stereocenters. The van der Waals surface area contributed by atoms with Gasteiger partial charge in [-0.05, 0) is 11.6 Å². The van der Waals surface area contributed by atoms with E-state index in [1.807, 2.05) is 36.4 Å². The highest BCUT2D eigenvalue weighted by atomic mass is 79.9. The van der Waals surface area contributed by atoms with Gasteiger partial charge in [0, 0.05) is 4.48 Å². The van der Waals surface area contributed by atoms with Gasteiger partial charge in [-0.2, -0.15) is 0 Å². The summed E-state index contributed by atoms with van der Waals surface area (Å²) in [6.07, 6.45) is 1.60. The van der Waals surface area contributed by atoms with Gasteiger partial charge in [0.15, 0.2) is 0 Å². The third-order valence-corrected chi connectivity index (χ3v) is 3.57. The van der Waals surface area contributed by atoms with Crippen molar-refractivity contribution in [2.45, 2.75) is 11.8 Å². The van der Waals surface area contributed by atoms with E-state index in [4.69, 9.17) is 4.74 Å². The van der Waals surface area contributed by atoms with Crippen LogP contribution in [0.15, 0.2) is 34.8 Å². The molecule has 98 valence electrons. The number of hydrogen-bond acceptors (Lipinski definition) is 4. The predicted molar refractivity (Wildman–Crippen MR) is 73.1 cm³/mol. The van der Waals surface area contributed by atoms with Gasteiger partial charge in [-0.15, -0.1) is 0 Å². The zero-order valence-corrected chi connectivity index (χ0v) is 11.4. The molecule has 1 aromatic rings. The van der Waals surface area contributed by atoms with E-state index >= 15 is 0 Å². The van der Waals surface area contributed by atoms with Gasteiger partial charge in [0.25, 0.3) is 0 Å². The highest BCUT2D eigenvalue weighted by Gasteiger charge is 2.39. The van der Waals surface area contributed by atoms with E-state index in [9.17, 15) is 10.2 Å². The summed E-state index contributed by atoms with van der Waals surface area (Å²) in [5, 5.41) is 21.6. The highest BCUT2D eigenvalue weighted by molar-refractivity contribution is 9.11. The molecule has 1 aliphatic heterocycles. The van der Waals surface area contributed by atoms with Crippen molar-refractivity contribution in [3.8, 4) is 0 Å². The van der Waals surface area contributed by atoms with Crippen LogP contribution in [0.3, 0.4) is 0 Å². The average molecular weight is 314 g/mol. The molecule has 2 rings (SSSR count). The van der Waals surface area contributed by atoms with E-state index in [1.54, 1.807) is 0 Å². The smallest absolute Gasteiger partial charge is 0.141 e. The maximum absolute atomic E-state index is 9.27. The molecule has 0 amide bonds. The first-order valence-electron chi connectivity index (χ1n) is 5.72. The Morgan fingerprint density at radius 1 is 1.39 bits per heavy atom. The van der Waals surface area contributed by atoms with E-state index in [1.165, 1.54) is 0 Å². The summed E-state index contributed by atoms with van der Waals surface area (Å²) in [5.41, 5.74) is 0.300. The van der Waals surface area contributed by atoms with Crippen LogP contribution in [0.2, 0.25) is 0 Å². The zero-order chi connectivity index (χ0) is 13.0. The van der Waals surface area contributed by atoms with Crippen molar-refractivity contribution in [2.24, 2.45) is 0 Å². The lowest BCUT2D eigenvalue weighted by atomic mass is 10.1. The molecular weight excluding hydrogens is 298 g/mol. The predicted octanol–water partition coefficient (Wildman–Crippen LogP) is 1.09. The number of nitrogens with one attached hydrogen (secondary N) is 1. The fourth-order valence-corrected chi connectivity index (χ4v) is 2.28. The first kappa shape index (κ1) is 13.7. The SMILES string of the molecule is OCC1(CO)COC(C(Br)=Cc2ccccc2)N1. The molecule has 1 aliphatic rings. The maximum atomic E-state index is 9.27. The van der Waals surface area contributed by atoms with Crippen LogP contribution in [0.5, 0.6) is 0 Å². The topological polar surface area (TPSA) is 61.7 Å². The molecule has 1 atom stereocenters. The number of rotatable bonds is 4. The Hall–Kier alpha value is -0.720. The number of benzene rings is 1. The van der Waals surface area contributed by atoms with Gasteiger partial charge in [-0.1, -0.05) is 46.3 Å². The molecule has 18 heavy (non-hydrogen) atoms. The van der Waals surface area contributed by atoms with Crippen LogP contribution in [0, 0.1) is 0 Å². The molecule has 3 N–H and O–H groups in total. The first-order valence-corrected chi connectivity index (χ1v) is 6.51. The van der Waals surface area contributed by atoms with Gasteiger partial charge in [-0.25, -0.2) is 0 Å². The number of aliphatic hydroxyl groups excluding tert-OH is 2. The fourth-order valence-electron chi connectivity index (χ4n) is 1.77. The largest absolute Gasteiger partial charge is 0.394 e. The molecule has 4 nitrogen and oxygen atoms in total. The Balaban J connectivity index is 2.08. The third-order valence-electron chi connectivity index (χ3n) is 2.92. The third kappa shape index (κ3) is 2.99. The Morgan fingerprint density at radius 2 is 2.06 bits per heavy atom. The van der Waals surface area contributed by atoms with E-state index in [0.29, 0.717) is 0 Å². The van der Waals surface area contributed by atoms with Gasteiger partial charge in [-0.3, -0.25) is 5.32 Å². The summed E-state index contributed by atoms with van der Waals surface area (Å²) in [5.74, 6) is 0. The van der Waals surface area contributed by atoms with Gasteiger partial charge in [0.05, 0.1) is 25.4 Å². The van der Waals surface area contributed by atoms with Crippen LogP contribution in [0.1, 0.15) is 5.56 Å². The molecule has 0 bridgehead atoms. The second kappa shape index (κ2) is 5.95. The van der Waals surface area contributed by atoms with Crippen LogP contribution in [0.4, 0.5) is 0 Å². The summed E-state index contributed by atoms with van der Waals surface area (Å²) in [7, 11) is 0. The number of hydrogen-bond donors (Lipinski definition) is 3. The fraction of sp³-hybridized carbons (Fsp3) is 0.385. The zero-order valence-electron chi connectivity index (χ0n) is 9.84. The van der Waals surface area contributed by atoms with Crippen LogP contribution in [-0.2, 0) is 4.74 Å². The van der Waals surface area contributed by atoms with Crippen LogP contribution >= 0.6 is 15.9 Å². The minimum Gasteiger partial charge on any atom is -0.394 e. The van der Waals surface area contributed by atoms with E-state index in [-0.39, 0.29) is 26.0 Å². The van der Waals surface area contributed by atoms with Crippen LogP contribution < -0.4 is 5.32 Å². The van der Waals surface area contributed by atoms with Crippen molar-refractivity contribution in [1.82, 2.24) is 5.32 Å². The van der Waals surface area contributed by atoms with E-state index in [0.717, 1.165) is 10.0 Å². The standard InChI is InChI=1S/C13H16BrNO3/c14-11(6-10-4-2-1-3-5-10)12-15-13(7-16,8-17)9-18-12/h1-6,12,15-17H,7-9H2. The minimum absolute atomic E-state index is 0.161. The van der Waals surface area contributed by atoms with Crippen molar-refractivity contribution in [1.29, 1.82) is 0 Å². The van der Waals surface area contributed by atoms with Gasteiger partial charge < -0.3 is 14.9 Å². The molecule has 1 saturated heterocycles. The lowest BCUT2D eigenvalue weighted by Gasteiger charge is -2.23. The Bertz CT molecular complexity index is 418. The summed E-state index contributed by atoms with van der Waals surface area (Å²) < 4.78 is 6.37. The Morgan fingerprint density at radius 3 is 2.61 bits per heavy atom. The van der Waals surface area contributed by atoms with E-state index < -0.39 is 5.54 Å². The normalized spacial score (nSPS) is 23.3. The number of aliphatic hydroxyl groups is 2. The molecule has 0 radical (unpaired) electrons. The van der Waals surface area contributed by atoms with Crippen molar-refractivity contribution in [2.75, 3.05) is 19.8 Å². The highest BCUT2D eigenvalue weighted by Crippen LogP contribution is 2.24. The summed E-state index contributed by atoms with van der Waals surface area (Å²) in [4.78, 5) is 0. The molecule has 0 saturated carbocycles. The first-order chi connectivity index (χ1) is 8.69. The monoisotopic (exact) mass is 313 g/mol. The summed E-state index contributed by atoms with van der Waals surface area (Å²) in [6.45, 7) is -0.0420. The number of ether oxygens (including phenoxy) is 1. The molecule has 1 heterocycles. The summed E-state index contributed by atoms with van der Waals surface area (Å²) in [6, 6.07) is 9.85. The molecule has 5 heteroatoms. The van der Waals surface area contributed by atoms with E-state index in [2.05, 4.69) is 21.2 Å². The minimum atomic E-state index is -0.756. The Kier molecular flexibility index (Phi) is 4.53. The van der Waals surface area contributed by atoms with Gasteiger partial charge >= 0.3 is 0 Å². The second-order valence-corrected chi connectivity index (χ2v) is 5.29. The lowest BCUT2D eigenvalue weighted by molar-refractivity contribution is 0.0844. The number of halogens is 1. The van der Waals surface area contributed by atoms with Crippen molar-refractivity contribution >= 4 is 22.0 Å². The maximum Gasteiger partial charge on any atom is 0.141 e. The molecule has 1 fully saturated rings. The lowest BCUT2D eigenvalue weighted by Crippen LogP contribution is -2.51. The summed E-state index contributed by atoms with van der Waals surface area (Å²) >= 11 is 3.46. The molecule has 0 spiro atoms. The molecule has 0 aliphatic carbocycles. The second-order valence-electron chi connectivity index (χ2n) is 4.37. The van der Waals surface area contributed by atoms with Gasteiger partial charge in [0.2, 0.25) is 0 Å². The quantitative estimate of drug-likeness (QED) is 0.779. The van der Waals surface area contributed by atoms with Crippen molar-refractivity contribution < 1.29 is 14.9 Å². The van der Waals surface area contributed by atoms with Crippen LogP contribution in [0.25, 0.3) is 6.08 Å².